The number of carbonyl (C=O) groups excluding carboxylic acids is 2. The van der Waals surface area contributed by atoms with Gasteiger partial charge in [-0.3, -0.25) is 9.59 Å². The first-order chi connectivity index (χ1) is 11.8. The Morgan fingerprint density at radius 1 is 0.960 bits per heavy atom. The second kappa shape index (κ2) is 8.47. The summed E-state index contributed by atoms with van der Waals surface area (Å²) in [4.78, 5) is 24.2. The van der Waals surface area contributed by atoms with Crippen molar-refractivity contribution in [2.75, 3.05) is 5.32 Å². The molecule has 1 N–H and O–H groups in total. The number of hydrogen-bond acceptors (Lipinski definition) is 3. The Bertz CT molecular complexity index is 718. The van der Waals surface area contributed by atoms with E-state index in [-0.39, 0.29) is 12.3 Å². The maximum atomic E-state index is 12.2. The quantitative estimate of drug-likeness (QED) is 0.801. The standard InChI is InChI=1S/C21H25NO3/c1-14(2)18-9-11-19(12-10-18)22-21(24)16(4)25-20(23)13-17-7-5-15(3)6-8-17/h5-12,14,16H,13H2,1-4H3,(H,22,24)/t16-/m1/s1. The highest BCUT2D eigenvalue weighted by Crippen LogP contribution is 2.17. The number of ether oxygens (including phenoxy) is 1. The van der Waals surface area contributed by atoms with E-state index >= 15 is 0 Å². The van der Waals surface area contributed by atoms with E-state index in [1.165, 1.54) is 5.56 Å². The second-order valence-corrected chi connectivity index (χ2v) is 6.56. The third-order valence-electron chi connectivity index (χ3n) is 3.99. The number of carbonyl (C=O) groups is 2. The summed E-state index contributed by atoms with van der Waals surface area (Å²) in [7, 11) is 0. The van der Waals surface area contributed by atoms with Crippen molar-refractivity contribution in [2.24, 2.45) is 0 Å². The molecular weight excluding hydrogens is 314 g/mol. The van der Waals surface area contributed by atoms with Crippen LogP contribution in [0.1, 0.15) is 43.4 Å². The molecule has 0 aliphatic carbocycles. The number of benzene rings is 2. The van der Waals surface area contributed by atoms with Crippen LogP contribution in [0.5, 0.6) is 0 Å². The Hall–Kier alpha value is -2.62. The van der Waals surface area contributed by atoms with Crippen LogP contribution in [-0.4, -0.2) is 18.0 Å². The molecule has 0 fully saturated rings. The van der Waals surface area contributed by atoms with Crippen LogP contribution in [0.2, 0.25) is 0 Å². The van der Waals surface area contributed by atoms with Crippen molar-refractivity contribution in [3.05, 3.63) is 65.2 Å². The molecule has 2 aromatic rings. The van der Waals surface area contributed by atoms with Gasteiger partial charge < -0.3 is 10.1 Å². The molecule has 0 aliphatic heterocycles. The number of anilines is 1. The lowest BCUT2D eigenvalue weighted by atomic mass is 10.0. The zero-order chi connectivity index (χ0) is 18.4. The van der Waals surface area contributed by atoms with Crippen molar-refractivity contribution in [3.63, 3.8) is 0 Å². The van der Waals surface area contributed by atoms with Crippen molar-refractivity contribution in [2.45, 2.75) is 46.1 Å². The van der Waals surface area contributed by atoms with E-state index in [1.807, 2.05) is 55.5 Å². The topological polar surface area (TPSA) is 55.4 Å². The van der Waals surface area contributed by atoms with E-state index in [9.17, 15) is 9.59 Å². The summed E-state index contributed by atoms with van der Waals surface area (Å²) < 4.78 is 5.23. The lowest BCUT2D eigenvalue weighted by Gasteiger charge is -2.14. The van der Waals surface area contributed by atoms with E-state index in [4.69, 9.17) is 4.74 Å². The molecule has 1 atom stereocenters. The number of nitrogens with one attached hydrogen (secondary N) is 1. The van der Waals surface area contributed by atoms with Crippen molar-refractivity contribution in [1.82, 2.24) is 0 Å². The maximum absolute atomic E-state index is 12.2. The number of rotatable bonds is 6. The Labute approximate surface area is 149 Å². The molecule has 4 nitrogen and oxygen atoms in total. The molecule has 0 bridgehead atoms. The minimum absolute atomic E-state index is 0.154. The summed E-state index contributed by atoms with van der Waals surface area (Å²) >= 11 is 0. The fourth-order valence-electron chi connectivity index (χ4n) is 2.36. The fourth-order valence-corrected chi connectivity index (χ4v) is 2.36. The predicted octanol–water partition coefficient (Wildman–Crippen LogP) is 4.23. The van der Waals surface area contributed by atoms with Gasteiger partial charge in [0.15, 0.2) is 6.10 Å². The molecule has 0 heterocycles. The fraction of sp³-hybridized carbons (Fsp3) is 0.333. The second-order valence-electron chi connectivity index (χ2n) is 6.56. The minimum Gasteiger partial charge on any atom is -0.452 e. The third kappa shape index (κ3) is 5.75. The highest BCUT2D eigenvalue weighted by molar-refractivity contribution is 5.95. The highest BCUT2D eigenvalue weighted by atomic mass is 16.5. The van der Waals surface area contributed by atoms with Crippen molar-refractivity contribution >= 4 is 17.6 Å². The summed E-state index contributed by atoms with van der Waals surface area (Å²) in [6.45, 7) is 7.79. The molecule has 25 heavy (non-hydrogen) atoms. The molecule has 1 amide bonds. The van der Waals surface area contributed by atoms with Gasteiger partial charge in [-0.15, -0.1) is 0 Å². The Balaban J connectivity index is 1.86. The van der Waals surface area contributed by atoms with Gasteiger partial charge in [-0.25, -0.2) is 0 Å². The van der Waals surface area contributed by atoms with Gasteiger partial charge in [0, 0.05) is 5.69 Å². The Morgan fingerprint density at radius 3 is 2.12 bits per heavy atom. The highest BCUT2D eigenvalue weighted by Gasteiger charge is 2.18. The van der Waals surface area contributed by atoms with Crippen molar-refractivity contribution < 1.29 is 14.3 Å². The maximum Gasteiger partial charge on any atom is 0.311 e. The number of hydrogen-bond donors (Lipinski definition) is 1. The van der Waals surface area contributed by atoms with Crippen LogP contribution in [0.3, 0.4) is 0 Å². The third-order valence-corrected chi connectivity index (χ3v) is 3.99. The van der Waals surface area contributed by atoms with Crippen LogP contribution in [-0.2, 0) is 20.7 Å². The van der Waals surface area contributed by atoms with Gasteiger partial charge >= 0.3 is 5.97 Å². The number of amides is 1. The normalized spacial score (nSPS) is 11.9. The Morgan fingerprint density at radius 2 is 1.56 bits per heavy atom. The molecular formula is C21H25NO3. The molecule has 2 rings (SSSR count). The minimum atomic E-state index is -0.845. The van der Waals surface area contributed by atoms with E-state index in [2.05, 4.69) is 19.2 Å². The van der Waals surface area contributed by atoms with E-state index in [0.29, 0.717) is 11.6 Å². The summed E-state index contributed by atoms with van der Waals surface area (Å²) in [6, 6.07) is 15.3. The first-order valence-electron chi connectivity index (χ1n) is 8.51. The summed E-state index contributed by atoms with van der Waals surface area (Å²) in [5.74, 6) is -0.317. The van der Waals surface area contributed by atoms with Crippen LogP contribution in [0.4, 0.5) is 5.69 Å². The van der Waals surface area contributed by atoms with Gasteiger partial charge in [-0.2, -0.15) is 0 Å². The molecule has 0 saturated carbocycles. The Kier molecular flexibility index (Phi) is 6.34. The lowest BCUT2D eigenvalue weighted by molar-refractivity contribution is -0.152. The smallest absolute Gasteiger partial charge is 0.311 e. The molecule has 0 unspecified atom stereocenters. The molecule has 4 heteroatoms. The largest absolute Gasteiger partial charge is 0.452 e. The average Bonchev–Trinajstić information content (AvgIpc) is 2.57. The molecule has 0 aliphatic rings. The zero-order valence-electron chi connectivity index (χ0n) is 15.2. The first kappa shape index (κ1) is 18.7. The van der Waals surface area contributed by atoms with E-state index in [1.54, 1.807) is 6.92 Å². The summed E-state index contributed by atoms with van der Waals surface area (Å²) in [5.41, 5.74) is 3.90. The molecule has 132 valence electrons. The molecule has 0 radical (unpaired) electrons. The predicted molar refractivity (Wildman–Crippen MR) is 99.6 cm³/mol. The van der Waals surface area contributed by atoms with Gasteiger partial charge in [0.1, 0.15) is 0 Å². The summed E-state index contributed by atoms with van der Waals surface area (Å²) in [5, 5.41) is 2.77. The van der Waals surface area contributed by atoms with Crippen LogP contribution < -0.4 is 5.32 Å². The monoisotopic (exact) mass is 339 g/mol. The van der Waals surface area contributed by atoms with Gasteiger partial charge in [-0.1, -0.05) is 55.8 Å². The van der Waals surface area contributed by atoms with E-state index < -0.39 is 12.1 Å². The molecule has 0 spiro atoms. The van der Waals surface area contributed by atoms with Gasteiger partial charge in [0.25, 0.3) is 5.91 Å². The molecule has 0 saturated heterocycles. The van der Waals surface area contributed by atoms with Crippen LogP contribution in [0.15, 0.2) is 48.5 Å². The van der Waals surface area contributed by atoms with Gasteiger partial charge in [0.05, 0.1) is 6.42 Å². The van der Waals surface area contributed by atoms with E-state index in [0.717, 1.165) is 11.1 Å². The first-order valence-corrected chi connectivity index (χ1v) is 8.51. The SMILES string of the molecule is Cc1ccc(CC(=O)O[C@H](C)C(=O)Nc2ccc(C(C)C)cc2)cc1. The van der Waals surface area contributed by atoms with Gasteiger partial charge in [-0.05, 0) is 43.0 Å². The molecule has 0 aromatic heterocycles. The van der Waals surface area contributed by atoms with Gasteiger partial charge in [0.2, 0.25) is 0 Å². The van der Waals surface area contributed by atoms with Crippen molar-refractivity contribution in [1.29, 1.82) is 0 Å². The van der Waals surface area contributed by atoms with Crippen molar-refractivity contribution in [3.8, 4) is 0 Å². The van der Waals surface area contributed by atoms with Crippen LogP contribution in [0.25, 0.3) is 0 Å². The summed E-state index contributed by atoms with van der Waals surface area (Å²) in [6.07, 6.45) is -0.691. The molecule has 2 aromatic carbocycles. The number of aryl methyl sites for hydroxylation is 1. The van der Waals surface area contributed by atoms with Crippen LogP contribution >= 0.6 is 0 Å². The average molecular weight is 339 g/mol. The van der Waals surface area contributed by atoms with Crippen LogP contribution in [0, 0.1) is 6.92 Å². The lowest BCUT2D eigenvalue weighted by Crippen LogP contribution is -2.30. The zero-order valence-corrected chi connectivity index (χ0v) is 15.2. The number of esters is 1.